The molecule has 0 aromatic rings. The molecule has 5 nitrogen and oxygen atoms in total. The Bertz CT molecular complexity index is 397. The number of unbranched alkanes of at least 4 members (excludes halogenated alkanes) is 1. The number of carbonyl (C=O) groups excluding carboxylic acids is 1. The van der Waals surface area contributed by atoms with Gasteiger partial charge in [-0.1, -0.05) is 37.3 Å². The zero-order valence-electron chi connectivity index (χ0n) is 11.3. The Kier molecular flexibility index (Phi) is 4.87. The first-order chi connectivity index (χ1) is 9.16. The van der Waals surface area contributed by atoms with Crippen LogP contribution in [0.15, 0.2) is 17.1 Å². The Balaban J connectivity index is 2.05. The highest BCUT2D eigenvalue weighted by Crippen LogP contribution is 2.36. The number of ether oxygens (including phenoxy) is 2. The van der Waals surface area contributed by atoms with Crippen LogP contribution in [0.2, 0.25) is 0 Å². The van der Waals surface area contributed by atoms with Crippen molar-refractivity contribution >= 4 is 22.9 Å². The normalized spacial score (nSPS) is 31.1. The summed E-state index contributed by atoms with van der Waals surface area (Å²) < 4.78 is 10.9. The number of hydrogen-bond acceptors (Lipinski definition) is 5. The summed E-state index contributed by atoms with van der Waals surface area (Å²) in [5, 5.41) is 4.22. The van der Waals surface area contributed by atoms with Gasteiger partial charge in [0.25, 0.3) is 0 Å². The van der Waals surface area contributed by atoms with Crippen molar-refractivity contribution in [1.82, 2.24) is 5.32 Å². The van der Waals surface area contributed by atoms with Crippen LogP contribution in [0.5, 0.6) is 0 Å². The van der Waals surface area contributed by atoms with Crippen molar-refractivity contribution in [2.45, 2.75) is 37.7 Å². The number of rotatable bonds is 5. The van der Waals surface area contributed by atoms with Gasteiger partial charge in [0.2, 0.25) is 0 Å². The summed E-state index contributed by atoms with van der Waals surface area (Å²) in [5.74, 6) is -0.282. The molecule has 106 valence electrons. The maximum absolute atomic E-state index is 11.0. The highest BCUT2D eigenvalue weighted by molar-refractivity contribution is 8.14. The lowest BCUT2D eigenvalue weighted by Crippen LogP contribution is -2.53. The molecule has 1 N–H and O–H groups in total. The number of nitrogens with one attached hydrogen (secondary N) is 1. The lowest BCUT2D eigenvalue weighted by Gasteiger charge is -2.32. The van der Waals surface area contributed by atoms with E-state index in [4.69, 9.17) is 9.47 Å². The smallest absolute Gasteiger partial charge is 0.302 e. The van der Waals surface area contributed by atoms with E-state index in [1.54, 1.807) is 11.8 Å². The van der Waals surface area contributed by atoms with Crippen LogP contribution in [0.1, 0.15) is 26.7 Å². The van der Waals surface area contributed by atoms with E-state index in [1.165, 1.54) is 6.92 Å². The number of hydrogen-bond donors (Lipinski definition) is 1. The molecule has 2 aliphatic rings. The lowest BCUT2D eigenvalue weighted by molar-refractivity contribution is -0.143. The zero-order chi connectivity index (χ0) is 13.7. The average molecular weight is 284 g/mol. The third kappa shape index (κ3) is 3.51. The number of esters is 1. The van der Waals surface area contributed by atoms with E-state index in [-0.39, 0.29) is 18.0 Å². The van der Waals surface area contributed by atoms with Crippen molar-refractivity contribution in [2.24, 2.45) is 4.99 Å². The topological polar surface area (TPSA) is 59.9 Å². The minimum Gasteiger partial charge on any atom is -0.463 e. The summed E-state index contributed by atoms with van der Waals surface area (Å²) >= 11 is 1.57. The van der Waals surface area contributed by atoms with Crippen LogP contribution < -0.4 is 5.32 Å². The van der Waals surface area contributed by atoms with Gasteiger partial charge in [0.1, 0.15) is 17.6 Å². The fourth-order valence-electron chi connectivity index (χ4n) is 1.99. The number of fused-ring (bicyclic) bond motifs is 1. The first-order valence-corrected chi connectivity index (χ1v) is 7.46. The monoisotopic (exact) mass is 284 g/mol. The third-order valence-corrected chi connectivity index (χ3v) is 4.24. The Hall–Kier alpha value is -1.01. The van der Waals surface area contributed by atoms with Gasteiger partial charge in [0.05, 0.1) is 6.61 Å². The van der Waals surface area contributed by atoms with Crippen LogP contribution >= 0.6 is 11.8 Å². The van der Waals surface area contributed by atoms with Gasteiger partial charge in [-0.05, 0) is 6.42 Å². The summed E-state index contributed by atoms with van der Waals surface area (Å²) in [5.41, 5.74) is -0.558. The first-order valence-electron chi connectivity index (χ1n) is 6.58. The molecule has 0 aromatic carbocycles. The van der Waals surface area contributed by atoms with Crippen LogP contribution in [0.25, 0.3) is 0 Å². The predicted octanol–water partition coefficient (Wildman–Crippen LogP) is 1.69. The molecule has 0 bridgehead atoms. The van der Waals surface area contributed by atoms with E-state index in [2.05, 4.69) is 17.2 Å². The van der Waals surface area contributed by atoms with E-state index in [9.17, 15) is 4.79 Å². The van der Waals surface area contributed by atoms with Crippen LogP contribution in [-0.4, -0.2) is 41.9 Å². The molecular formula is C13H20N2O3S. The Morgan fingerprint density at radius 1 is 1.74 bits per heavy atom. The quantitative estimate of drug-likeness (QED) is 0.473. The third-order valence-electron chi connectivity index (χ3n) is 3.02. The SMILES string of the molecule is CCCCN=C1NC2(COC(C)=O)C=CCOC2S1. The number of nitrogens with zero attached hydrogens (tertiary/aromatic N) is 1. The molecule has 1 saturated heterocycles. The number of aliphatic imine (C=N–C) groups is 1. The number of amidine groups is 1. The highest BCUT2D eigenvalue weighted by Gasteiger charge is 2.48. The van der Waals surface area contributed by atoms with Gasteiger partial charge in [-0.25, -0.2) is 0 Å². The van der Waals surface area contributed by atoms with E-state index < -0.39 is 5.54 Å². The fourth-order valence-corrected chi connectivity index (χ4v) is 3.17. The van der Waals surface area contributed by atoms with E-state index in [0.29, 0.717) is 6.61 Å². The molecule has 0 radical (unpaired) electrons. The molecule has 0 saturated carbocycles. The number of carbonyl (C=O) groups is 1. The maximum Gasteiger partial charge on any atom is 0.302 e. The van der Waals surface area contributed by atoms with Crippen molar-refractivity contribution in [3.8, 4) is 0 Å². The van der Waals surface area contributed by atoms with Gasteiger partial charge in [-0.3, -0.25) is 9.79 Å². The van der Waals surface area contributed by atoms with Crippen LogP contribution in [0, 0.1) is 0 Å². The standard InChI is InChI=1S/C13H20N2O3S/c1-3-4-7-14-12-15-13(9-18-10(2)16)6-5-8-17-11(13)19-12/h5-6,11H,3-4,7-9H2,1-2H3,(H,14,15). The van der Waals surface area contributed by atoms with Crippen molar-refractivity contribution in [1.29, 1.82) is 0 Å². The summed E-state index contributed by atoms with van der Waals surface area (Å²) in [4.78, 5) is 15.5. The second-order valence-corrected chi connectivity index (χ2v) is 5.72. The molecule has 19 heavy (non-hydrogen) atoms. The minimum absolute atomic E-state index is 0.0859. The van der Waals surface area contributed by atoms with Crippen molar-refractivity contribution < 1.29 is 14.3 Å². The molecule has 2 atom stereocenters. The molecule has 2 rings (SSSR count). The molecule has 2 heterocycles. The molecule has 0 amide bonds. The van der Waals surface area contributed by atoms with Crippen molar-refractivity contribution in [3.63, 3.8) is 0 Å². The van der Waals surface area contributed by atoms with Crippen molar-refractivity contribution in [3.05, 3.63) is 12.2 Å². The second-order valence-electron chi connectivity index (χ2n) is 4.67. The predicted molar refractivity (Wildman–Crippen MR) is 76.2 cm³/mol. The number of thioether (sulfide) groups is 1. The molecule has 1 fully saturated rings. The molecule has 2 aliphatic heterocycles. The van der Waals surface area contributed by atoms with Crippen LogP contribution in [0.4, 0.5) is 0 Å². The Morgan fingerprint density at radius 2 is 2.58 bits per heavy atom. The van der Waals surface area contributed by atoms with Crippen molar-refractivity contribution in [2.75, 3.05) is 19.8 Å². The Labute approximate surface area is 117 Å². The molecule has 0 aliphatic carbocycles. The molecule has 6 heteroatoms. The summed E-state index contributed by atoms with van der Waals surface area (Å²) in [7, 11) is 0. The van der Waals surface area contributed by atoms with Gasteiger partial charge in [0, 0.05) is 13.5 Å². The van der Waals surface area contributed by atoms with Gasteiger partial charge in [-0.2, -0.15) is 0 Å². The fraction of sp³-hybridized carbons (Fsp3) is 0.692. The maximum atomic E-state index is 11.0. The van der Waals surface area contributed by atoms with Gasteiger partial charge < -0.3 is 14.8 Å². The first kappa shape index (κ1) is 14.4. The highest BCUT2D eigenvalue weighted by atomic mass is 32.2. The van der Waals surface area contributed by atoms with Gasteiger partial charge in [-0.15, -0.1) is 0 Å². The molecular weight excluding hydrogens is 264 g/mol. The van der Waals surface area contributed by atoms with E-state index in [0.717, 1.165) is 24.6 Å². The minimum atomic E-state index is -0.473. The van der Waals surface area contributed by atoms with Gasteiger partial charge in [0.15, 0.2) is 5.17 Å². The summed E-state index contributed by atoms with van der Waals surface area (Å²) in [6.45, 7) is 5.22. The van der Waals surface area contributed by atoms with Crippen LogP contribution in [0.3, 0.4) is 0 Å². The molecule has 0 aromatic heterocycles. The second kappa shape index (κ2) is 6.43. The Morgan fingerprint density at radius 3 is 3.32 bits per heavy atom. The molecule has 0 spiro atoms. The van der Waals surface area contributed by atoms with E-state index in [1.807, 2.05) is 12.2 Å². The average Bonchev–Trinajstić information content (AvgIpc) is 2.75. The largest absolute Gasteiger partial charge is 0.463 e. The van der Waals surface area contributed by atoms with E-state index >= 15 is 0 Å². The van der Waals surface area contributed by atoms with Gasteiger partial charge >= 0.3 is 5.97 Å². The summed E-state index contributed by atoms with van der Waals surface area (Å²) in [6.07, 6.45) is 6.17. The zero-order valence-corrected chi connectivity index (χ0v) is 12.2. The summed E-state index contributed by atoms with van der Waals surface area (Å²) in [6, 6.07) is 0. The van der Waals surface area contributed by atoms with Crippen LogP contribution in [-0.2, 0) is 14.3 Å². The molecule has 2 unspecified atom stereocenters. The lowest BCUT2D eigenvalue weighted by atomic mass is 10.00.